The molecule has 4 rings (SSSR count). The monoisotopic (exact) mass is 472 g/mol. The van der Waals surface area contributed by atoms with Crippen molar-refractivity contribution >= 4 is 17.7 Å². The van der Waals surface area contributed by atoms with Crippen LogP contribution in [0.1, 0.15) is 79.1 Å². The van der Waals surface area contributed by atoms with E-state index in [1.54, 1.807) is 0 Å². The Labute approximate surface area is 193 Å². The van der Waals surface area contributed by atoms with E-state index in [1.165, 1.54) is 6.92 Å². The number of alkyl halides is 3. The van der Waals surface area contributed by atoms with Gasteiger partial charge < -0.3 is 9.47 Å². The van der Waals surface area contributed by atoms with E-state index in [0.717, 1.165) is 45.4 Å². The van der Waals surface area contributed by atoms with Crippen molar-refractivity contribution < 1.29 is 37.0 Å². The largest absolute Gasteiger partial charge is 0.462 e. The second-order valence-electron chi connectivity index (χ2n) is 11.4. The van der Waals surface area contributed by atoms with Crippen LogP contribution in [0.5, 0.6) is 0 Å². The molecule has 9 atom stereocenters. The maximum absolute atomic E-state index is 13.8. The maximum atomic E-state index is 13.8. The van der Waals surface area contributed by atoms with Crippen LogP contribution >= 0.6 is 0 Å². The van der Waals surface area contributed by atoms with Gasteiger partial charge >= 0.3 is 18.1 Å². The van der Waals surface area contributed by atoms with Crippen molar-refractivity contribution in [2.75, 3.05) is 0 Å². The fourth-order valence-corrected chi connectivity index (χ4v) is 8.35. The van der Waals surface area contributed by atoms with Gasteiger partial charge in [0.05, 0.1) is 5.92 Å². The summed E-state index contributed by atoms with van der Waals surface area (Å²) in [4.78, 5) is 35.9. The zero-order valence-corrected chi connectivity index (χ0v) is 19.9. The Morgan fingerprint density at radius 2 is 1.64 bits per heavy atom. The topological polar surface area (TPSA) is 69.7 Å². The Hall–Kier alpha value is -1.60. The standard InChI is InChI=1S/C25H35F3O5/c1-13(29)32-21-8-7-18-16-6-5-15-11-20(31)17(22(25(26,27)28)33-14(2)30)12-24(15,4)19(16)9-10-23(18,21)3/h15-19,21-22H,5-12H2,1-4H3/t15-,16+,17+,18+,19+,21+,22+,23+,24+/m1/s1. The molecule has 5 nitrogen and oxygen atoms in total. The summed E-state index contributed by atoms with van der Waals surface area (Å²) in [7, 11) is 0. The van der Waals surface area contributed by atoms with E-state index < -0.39 is 35.4 Å². The van der Waals surface area contributed by atoms with Gasteiger partial charge in [-0.2, -0.15) is 13.2 Å². The number of fused-ring (bicyclic) bond motifs is 5. The van der Waals surface area contributed by atoms with Gasteiger partial charge in [-0.1, -0.05) is 13.8 Å². The molecule has 8 heteroatoms. The van der Waals surface area contributed by atoms with Crippen molar-refractivity contribution in [2.24, 2.45) is 40.4 Å². The molecule has 0 aliphatic heterocycles. The number of hydrogen-bond acceptors (Lipinski definition) is 5. The van der Waals surface area contributed by atoms with Gasteiger partial charge in [0, 0.05) is 25.7 Å². The maximum Gasteiger partial charge on any atom is 0.426 e. The molecule has 4 fully saturated rings. The molecule has 4 aliphatic rings. The highest BCUT2D eigenvalue weighted by Gasteiger charge is 2.64. The molecular formula is C25H35F3O5. The molecule has 33 heavy (non-hydrogen) atoms. The summed E-state index contributed by atoms with van der Waals surface area (Å²) in [6.45, 7) is 6.66. The molecule has 0 aromatic heterocycles. The van der Waals surface area contributed by atoms with Crippen molar-refractivity contribution in [1.82, 2.24) is 0 Å². The highest BCUT2D eigenvalue weighted by atomic mass is 19.4. The van der Waals surface area contributed by atoms with Crippen LogP contribution in [-0.2, 0) is 23.9 Å². The average Bonchev–Trinajstić information content (AvgIpc) is 3.01. The molecule has 4 aliphatic carbocycles. The first-order valence-electron chi connectivity index (χ1n) is 12.2. The number of carbonyl (C=O) groups excluding carboxylic acids is 3. The first-order chi connectivity index (χ1) is 15.3. The molecule has 0 N–H and O–H groups in total. The Kier molecular flexibility index (Phi) is 6.14. The van der Waals surface area contributed by atoms with Crippen LogP contribution in [0.4, 0.5) is 13.2 Å². The van der Waals surface area contributed by atoms with Gasteiger partial charge in [-0.15, -0.1) is 0 Å². The van der Waals surface area contributed by atoms with E-state index in [-0.39, 0.29) is 42.2 Å². The molecule has 0 aromatic rings. The molecule has 0 aromatic carbocycles. The highest BCUT2D eigenvalue weighted by molar-refractivity contribution is 5.83. The van der Waals surface area contributed by atoms with Crippen LogP contribution < -0.4 is 0 Å². The molecule has 0 unspecified atom stereocenters. The van der Waals surface area contributed by atoms with Crippen LogP contribution in [-0.4, -0.2) is 36.1 Å². The van der Waals surface area contributed by atoms with Crippen LogP contribution in [0, 0.1) is 40.4 Å². The average molecular weight is 473 g/mol. The van der Waals surface area contributed by atoms with Crippen molar-refractivity contribution in [1.29, 1.82) is 0 Å². The summed E-state index contributed by atoms with van der Waals surface area (Å²) in [6.07, 6.45) is -1.75. The lowest BCUT2D eigenvalue weighted by atomic mass is 9.44. The van der Waals surface area contributed by atoms with E-state index in [9.17, 15) is 27.6 Å². The third-order valence-corrected chi connectivity index (χ3v) is 9.79. The minimum atomic E-state index is -4.78. The summed E-state index contributed by atoms with van der Waals surface area (Å²) in [5.41, 5.74) is -0.516. The van der Waals surface area contributed by atoms with Gasteiger partial charge in [0.15, 0.2) is 0 Å². The number of ketones is 1. The van der Waals surface area contributed by atoms with Crippen molar-refractivity contribution in [2.45, 2.75) is 97.4 Å². The summed E-state index contributed by atoms with van der Waals surface area (Å²) in [5.74, 6) is -2.09. The fraction of sp³-hybridized carbons (Fsp3) is 0.880. The lowest BCUT2D eigenvalue weighted by Crippen LogP contribution is -2.58. The molecule has 0 amide bonds. The molecular weight excluding hydrogens is 437 g/mol. The fourth-order valence-electron chi connectivity index (χ4n) is 8.35. The minimum Gasteiger partial charge on any atom is -0.462 e. The van der Waals surface area contributed by atoms with E-state index in [0.29, 0.717) is 11.8 Å². The number of halogens is 3. The van der Waals surface area contributed by atoms with Gasteiger partial charge in [0.25, 0.3) is 0 Å². The second kappa shape index (κ2) is 8.26. The zero-order valence-electron chi connectivity index (χ0n) is 19.9. The SMILES string of the molecule is CC(=O)O[C@H]1CC[C@H]2[C@@H]3CC[C@@H]4CC(=O)[C@@H]([C@H](OC(C)=O)C(F)(F)F)C[C@]4(C)[C@H]3CC[C@]12C. The Morgan fingerprint density at radius 3 is 2.24 bits per heavy atom. The van der Waals surface area contributed by atoms with Crippen molar-refractivity contribution in [3.63, 3.8) is 0 Å². The van der Waals surface area contributed by atoms with Crippen LogP contribution in [0.15, 0.2) is 0 Å². The highest BCUT2D eigenvalue weighted by Crippen LogP contribution is 2.67. The van der Waals surface area contributed by atoms with Crippen LogP contribution in [0.25, 0.3) is 0 Å². The molecule has 0 spiro atoms. The number of ether oxygens (including phenoxy) is 2. The lowest BCUT2D eigenvalue weighted by Gasteiger charge is -2.61. The van der Waals surface area contributed by atoms with Gasteiger partial charge in [0.1, 0.15) is 11.9 Å². The predicted octanol–water partition coefficient (Wildman–Crippen LogP) is 5.25. The van der Waals surface area contributed by atoms with E-state index >= 15 is 0 Å². The number of Topliss-reactive ketones (excluding diaryl/α,β-unsaturated/α-hetero) is 1. The van der Waals surface area contributed by atoms with Crippen molar-refractivity contribution in [3.8, 4) is 0 Å². The van der Waals surface area contributed by atoms with Gasteiger partial charge in [0.2, 0.25) is 6.10 Å². The summed E-state index contributed by atoms with van der Waals surface area (Å²) < 4.78 is 51.8. The number of hydrogen-bond donors (Lipinski definition) is 0. The minimum absolute atomic E-state index is 0.0590. The number of carbonyl (C=O) groups is 3. The molecule has 186 valence electrons. The number of esters is 2. The Morgan fingerprint density at radius 1 is 0.970 bits per heavy atom. The molecule has 0 heterocycles. The summed E-state index contributed by atoms with van der Waals surface area (Å²) >= 11 is 0. The first-order valence-corrected chi connectivity index (χ1v) is 12.2. The Balaban J connectivity index is 1.61. The quantitative estimate of drug-likeness (QED) is 0.525. The van der Waals surface area contributed by atoms with Crippen molar-refractivity contribution in [3.05, 3.63) is 0 Å². The summed E-state index contributed by atoms with van der Waals surface area (Å²) in [6, 6.07) is 0. The summed E-state index contributed by atoms with van der Waals surface area (Å²) in [5, 5.41) is 0. The molecule has 0 bridgehead atoms. The third kappa shape index (κ3) is 4.09. The third-order valence-electron chi connectivity index (χ3n) is 9.79. The Bertz CT molecular complexity index is 825. The van der Waals surface area contributed by atoms with E-state index in [2.05, 4.69) is 18.6 Å². The van der Waals surface area contributed by atoms with Gasteiger partial charge in [-0.3, -0.25) is 14.4 Å². The normalized spacial score (nSPS) is 43.7. The molecule has 0 saturated heterocycles. The van der Waals surface area contributed by atoms with Crippen LogP contribution in [0.3, 0.4) is 0 Å². The van der Waals surface area contributed by atoms with Gasteiger partial charge in [-0.25, -0.2) is 0 Å². The first kappa shape index (κ1) is 24.5. The molecule has 4 saturated carbocycles. The smallest absolute Gasteiger partial charge is 0.426 e. The van der Waals surface area contributed by atoms with Crippen LogP contribution in [0.2, 0.25) is 0 Å². The van der Waals surface area contributed by atoms with Gasteiger partial charge in [-0.05, 0) is 74.0 Å². The second-order valence-corrected chi connectivity index (χ2v) is 11.4. The van der Waals surface area contributed by atoms with E-state index in [4.69, 9.17) is 4.74 Å². The molecule has 0 radical (unpaired) electrons. The zero-order chi connectivity index (χ0) is 24.3. The number of rotatable bonds is 3. The predicted molar refractivity (Wildman–Crippen MR) is 113 cm³/mol. The van der Waals surface area contributed by atoms with E-state index in [1.807, 2.05) is 0 Å². The lowest BCUT2D eigenvalue weighted by molar-refractivity contribution is -0.240.